The second kappa shape index (κ2) is 4.77. The van der Waals surface area contributed by atoms with Crippen molar-refractivity contribution >= 4 is 22.9 Å². The van der Waals surface area contributed by atoms with Crippen LogP contribution in [-0.2, 0) is 6.42 Å². The van der Waals surface area contributed by atoms with Crippen molar-refractivity contribution in [2.24, 2.45) is 0 Å². The average molecular weight is 243 g/mol. The highest BCUT2D eigenvalue weighted by molar-refractivity contribution is 7.15. The van der Waals surface area contributed by atoms with Crippen LogP contribution in [0.15, 0.2) is 16.5 Å². The summed E-state index contributed by atoms with van der Waals surface area (Å²) in [6.07, 6.45) is 1.62. The van der Waals surface area contributed by atoms with E-state index in [2.05, 4.69) is 17.1 Å². The van der Waals surface area contributed by atoms with Crippen LogP contribution in [0.25, 0.3) is 10.8 Å². The number of thiophene rings is 1. The Morgan fingerprint density at radius 3 is 2.93 bits per heavy atom. The maximum Gasteiger partial charge on any atom is 0.257 e. The smallest absolute Gasteiger partial charge is 0.257 e. The quantitative estimate of drug-likeness (QED) is 0.773. The minimum absolute atomic E-state index is 0.609. The van der Waals surface area contributed by atoms with Crippen LogP contribution in [0, 0.1) is 6.92 Å². The van der Waals surface area contributed by atoms with Gasteiger partial charge in [0.25, 0.3) is 5.89 Å². The lowest BCUT2D eigenvalue weighted by molar-refractivity contribution is 0.503. The lowest BCUT2D eigenvalue weighted by atomic mass is 10.3. The van der Waals surface area contributed by atoms with Gasteiger partial charge in [0, 0.05) is 17.2 Å². The Hall–Kier alpha value is -0.870. The maximum absolute atomic E-state index is 5.59. The van der Waals surface area contributed by atoms with Crippen molar-refractivity contribution in [3.8, 4) is 10.8 Å². The third kappa shape index (κ3) is 2.58. The van der Waals surface area contributed by atoms with E-state index >= 15 is 0 Å². The van der Waals surface area contributed by atoms with Gasteiger partial charge in [-0.05, 0) is 25.5 Å². The molecule has 0 aliphatic carbocycles. The van der Waals surface area contributed by atoms with Crippen LogP contribution in [0.3, 0.4) is 0 Å². The Labute approximate surface area is 97.1 Å². The average Bonchev–Trinajstić information content (AvgIpc) is 2.83. The minimum Gasteiger partial charge on any atom is -0.420 e. The summed E-state index contributed by atoms with van der Waals surface area (Å²) in [6, 6.07) is 4.04. The first-order chi connectivity index (χ1) is 7.29. The number of alkyl halides is 1. The number of rotatable bonds is 4. The van der Waals surface area contributed by atoms with Gasteiger partial charge in [-0.15, -0.1) is 33.1 Å². The molecule has 15 heavy (non-hydrogen) atoms. The highest BCUT2D eigenvalue weighted by Crippen LogP contribution is 2.26. The van der Waals surface area contributed by atoms with Crippen LogP contribution in [0.5, 0.6) is 0 Å². The summed E-state index contributed by atoms with van der Waals surface area (Å²) in [7, 11) is 0. The van der Waals surface area contributed by atoms with Gasteiger partial charge in [-0.1, -0.05) is 0 Å². The van der Waals surface area contributed by atoms with E-state index in [0.29, 0.717) is 17.7 Å². The summed E-state index contributed by atoms with van der Waals surface area (Å²) in [6.45, 7) is 2.05. The zero-order valence-electron chi connectivity index (χ0n) is 8.36. The van der Waals surface area contributed by atoms with Crippen molar-refractivity contribution in [1.82, 2.24) is 10.2 Å². The molecular weight excluding hydrogens is 232 g/mol. The fourth-order valence-electron chi connectivity index (χ4n) is 1.22. The van der Waals surface area contributed by atoms with Crippen molar-refractivity contribution < 1.29 is 4.42 Å². The molecule has 0 aromatic carbocycles. The predicted molar refractivity (Wildman–Crippen MR) is 61.4 cm³/mol. The molecule has 3 nitrogen and oxygen atoms in total. The Bertz CT molecular complexity index is 438. The molecule has 0 amide bonds. The van der Waals surface area contributed by atoms with Gasteiger partial charge in [0.1, 0.15) is 0 Å². The standard InChI is InChI=1S/C10H11ClN2OS/c1-7-4-5-8(15-7)10-13-12-9(14-10)3-2-6-11/h4-5H,2-3,6H2,1H3. The monoisotopic (exact) mass is 242 g/mol. The molecule has 80 valence electrons. The van der Waals surface area contributed by atoms with Gasteiger partial charge in [-0.3, -0.25) is 0 Å². The molecule has 2 aromatic rings. The Kier molecular flexibility index (Phi) is 3.38. The first-order valence-electron chi connectivity index (χ1n) is 4.75. The van der Waals surface area contributed by atoms with Gasteiger partial charge in [0.05, 0.1) is 4.88 Å². The summed E-state index contributed by atoms with van der Waals surface area (Å²) in [5.41, 5.74) is 0. The van der Waals surface area contributed by atoms with Crippen LogP contribution in [-0.4, -0.2) is 16.1 Å². The Balaban J connectivity index is 2.13. The summed E-state index contributed by atoms with van der Waals surface area (Å²) >= 11 is 7.25. The van der Waals surface area contributed by atoms with E-state index in [4.69, 9.17) is 16.0 Å². The second-order valence-electron chi connectivity index (χ2n) is 3.20. The number of hydrogen-bond donors (Lipinski definition) is 0. The first-order valence-corrected chi connectivity index (χ1v) is 6.10. The molecule has 0 fully saturated rings. The van der Waals surface area contributed by atoms with Crippen molar-refractivity contribution in [3.05, 3.63) is 22.9 Å². The van der Waals surface area contributed by atoms with Crippen LogP contribution < -0.4 is 0 Å². The van der Waals surface area contributed by atoms with Crippen molar-refractivity contribution in [2.45, 2.75) is 19.8 Å². The fourth-order valence-corrected chi connectivity index (χ4v) is 2.14. The van der Waals surface area contributed by atoms with E-state index in [1.165, 1.54) is 4.88 Å². The molecule has 2 aromatic heterocycles. The molecule has 0 atom stereocenters. The second-order valence-corrected chi connectivity index (χ2v) is 4.87. The molecule has 0 aliphatic rings. The van der Waals surface area contributed by atoms with Gasteiger partial charge in [-0.2, -0.15) is 0 Å². The third-order valence-electron chi connectivity index (χ3n) is 1.94. The van der Waals surface area contributed by atoms with Crippen LogP contribution in [0.4, 0.5) is 0 Å². The topological polar surface area (TPSA) is 38.9 Å². The maximum atomic E-state index is 5.59. The fraction of sp³-hybridized carbons (Fsp3) is 0.400. The third-order valence-corrected chi connectivity index (χ3v) is 3.20. The normalized spacial score (nSPS) is 10.8. The lowest BCUT2D eigenvalue weighted by Gasteiger charge is -1.89. The largest absolute Gasteiger partial charge is 0.420 e. The van der Waals surface area contributed by atoms with E-state index < -0.39 is 0 Å². The van der Waals surface area contributed by atoms with Crippen LogP contribution >= 0.6 is 22.9 Å². The first kappa shape index (κ1) is 10.6. The van der Waals surface area contributed by atoms with Crippen LogP contribution in [0.1, 0.15) is 17.2 Å². The molecule has 0 bridgehead atoms. The zero-order valence-corrected chi connectivity index (χ0v) is 9.94. The predicted octanol–water partition coefficient (Wildman–Crippen LogP) is 3.28. The van der Waals surface area contributed by atoms with Crippen molar-refractivity contribution in [2.75, 3.05) is 5.88 Å². The Morgan fingerprint density at radius 1 is 1.40 bits per heavy atom. The molecule has 2 heterocycles. The number of hydrogen-bond acceptors (Lipinski definition) is 4. The minimum atomic E-state index is 0.609. The highest BCUT2D eigenvalue weighted by Gasteiger charge is 2.09. The number of halogens is 1. The molecule has 0 saturated heterocycles. The van der Waals surface area contributed by atoms with Gasteiger partial charge >= 0.3 is 0 Å². The molecule has 0 radical (unpaired) electrons. The van der Waals surface area contributed by atoms with E-state index in [0.717, 1.165) is 17.7 Å². The summed E-state index contributed by atoms with van der Waals surface area (Å²) in [4.78, 5) is 2.27. The van der Waals surface area contributed by atoms with Gasteiger partial charge in [0.2, 0.25) is 5.89 Å². The van der Waals surface area contributed by atoms with Crippen molar-refractivity contribution in [3.63, 3.8) is 0 Å². The summed E-state index contributed by atoms with van der Waals surface area (Å²) in [5.74, 6) is 1.89. The molecule has 0 aliphatic heterocycles. The lowest BCUT2D eigenvalue weighted by Crippen LogP contribution is -1.85. The number of aromatic nitrogens is 2. The van der Waals surface area contributed by atoms with E-state index in [-0.39, 0.29) is 0 Å². The molecule has 0 N–H and O–H groups in total. The molecule has 0 saturated carbocycles. The molecule has 0 unspecified atom stereocenters. The SMILES string of the molecule is Cc1ccc(-c2nnc(CCCCl)o2)s1. The molecule has 0 spiro atoms. The zero-order chi connectivity index (χ0) is 10.7. The highest BCUT2D eigenvalue weighted by atomic mass is 35.5. The molecule has 2 rings (SSSR count). The van der Waals surface area contributed by atoms with E-state index in [1.54, 1.807) is 11.3 Å². The number of aryl methyl sites for hydroxylation is 2. The van der Waals surface area contributed by atoms with Gasteiger partial charge in [-0.25, -0.2) is 0 Å². The summed E-state index contributed by atoms with van der Waals surface area (Å²) < 4.78 is 5.51. The van der Waals surface area contributed by atoms with Crippen LogP contribution in [0.2, 0.25) is 0 Å². The van der Waals surface area contributed by atoms with Gasteiger partial charge < -0.3 is 4.42 Å². The summed E-state index contributed by atoms with van der Waals surface area (Å²) in [5, 5.41) is 7.97. The molecular formula is C10H11ClN2OS. The number of nitrogens with zero attached hydrogens (tertiary/aromatic N) is 2. The van der Waals surface area contributed by atoms with Crippen molar-refractivity contribution in [1.29, 1.82) is 0 Å². The van der Waals surface area contributed by atoms with E-state index in [1.807, 2.05) is 12.1 Å². The Morgan fingerprint density at radius 2 is 2.27 bits per heavy atom. The van der Waals surface area contributed by atoms with Gasteiger partial charge in [0.15, 0.2) is 0 Å². The molecule has 5 heteroatoms. The van der Waals surface area contributed by atoms with E-state index in [9.17, 15) is 0 Å².